The Kier molecular flexibility index (Phi) is 4.98. The number of rotatable bonds is 6. The molecule has 0 aliphatic rings. The Morgan fingerprint density at radius 3 is 2.86 bits per heavy atom. The lowest BCUT2D eigenvalue weighted by molar-refractivity contribution is -0.114. The van der Waals surface area contributed by atoms with E-state index in [2.05, 4.69) is 27.1 Å². The average Bonchev–Trinajstić information content (AvgIpc) is 2.87. The number of amides is 1. The summed E-state index contributed by atoms with van der Waals surface area (Å²) in [5.41, 5.74) is 2.90. The maximum absolute atomic E-state index is 11.1. The third-order valence-corrected chi connectivity index (χ3v) is 3.25. The second-order valence-corrected chi connectivity index (χ2v) is 5.10. The molecule has 0 bridgehead atoms. The van der Waals surface area contributed by atoms with Crippen LogP contribution in [-0.4, -0.2) is 15.5 Å². The van der Waals surface area contributed by atoms with E-state index in [1.807, 2.05) is 37.5 Å². The summed E-state index contributed by atoms with van der Waals surface area (Å²) in [4.78, 5) is 15.5. The minimum atomic E-state index is -0.0552. The van der Waals surface area contributed by atoms with Crippen LogP contribution in [0.4, 0.5) is 11.4 Å². The predicted molar refractivity (Wildman–Crippen MR) is 85.3 cm³/mol. The summed E-state index contributed by atoms with van der Waals surface area (Å²) in [6.07, 6.45) is 4.93. The molecule has 0 saturated carbocycles. The molecule has 112 valence electrons. The molecule has 0 aliphatic heterocycles. The van der Waals surface area contributed by atoms with Crippen LogP contribution in [0.3, 0.4) is 0 Å². The van der Waals surface area contributed by atoms with Crippen molar-refractivity contribution in [3.05, 3.63) is 42.0 Å². The molecular formula is C16H22N4O. The second-order valence-electron chi connectivity index (χ2n) is 5.10. The standard InChI is InChI=1S/C16H22N4O/c1-4-8-20-9-7-17-16(20)11-18-14-5-6-15(12(2)10-14)19-13(3)21/h5-7,9-10,18H,4,8,11H2,1-3H3,(H,19,21). The molecule has 1 aromatic carbocycles. The van der Waals surface area contributed by atoms with E-state index < -0.39 is 0 Å². The van der Waals surface area contributed by atoms with Crippen molar-refractivity contribution < 1.29 is 4.79 Å². The normalized spacial score (nSPS) is 10.4. The zero-order valence-corrected chi connectivity index (χ0v) is 12.8. The van der Waals surface area contributed by atoms with Crippen LogP contribution in [0, 0.1) is 6.92 Å². The molecule has 2 aromatic rings. The number of carbonyl (C=O) groups is 1. The zero-order valence-electron chi connectivity index (χ0n) is 12.8. The van der Waals surface area contributed by atoms with Gasteiger partial charge in [0.05, 0.1) is 6.54 Å². The summed E-state index contributed by atoms with van der Waals surface area (Å²) >= 11 is 0. The van der Waals surface area contributed by atoms with Crippen LogP contribution in [0.15, 0.2) is 30.6 Å². The zero-order chi connectivity index (χ0) is 15.2. The highest BCUT2D eigenvalue weighted by molar-refractivity contribution is 5.89. The summed E-state index contributed by atoms with van der Waals surface area (Å²) < 4.78 is 2.16. The third-order valence-electron chi connectivity index (χ3n) is 3.25. The Morgan fingerprint density at radius 2 is 2.19 bits per heavy atom. The van der Waals surface area contributed by atoms with Gasteiger partial charge in [-0.25, -0.2) is 4.98 Å². The largest absolute Gasteiger partial charge is 0.378 e. The van der Waals surface area contributed by atoms with Crippen molar-refractivity contribution in [3.63, 3.8) is 0 Å². The average molecular weight is 286 g/mol. The lowest BCUT2D eigenvalue weighted by atomic mass is 10.1. The molecule has 21 heavy (non-hydrogen) atoms. The van der Waals surface area contributed by atoms with Gasteiger partial charge in [0.15, 0.2) is 0 Å². The van der Waals surface area contributed by atoms with Gasteiger partial charge in [-0.05, 0) is 37.1 Å². The van der Waals surface area contributed by atoms with E-state index in [-0.39, 0.29) is 5.91 Å². The van der Waals surface area contributed by atoms with Crippen LogP contribution in [0.25, 0.3) is 0 Å². The molecule has 0 radical (unpaired) electrons. The Bertz CT molecular complexity index is 618. The molecule has 1 amide bonds. The number of carbonyl (C=O) groups excluding carboxylic acids is 1. The third kappa shape index (κ3) is 4.08. The number of aryl methyl sites for hydroxylation is 2. The Hall–Kier alpha value is -2.30. The van der Waals surface area contributed by atoms with E-state index in [9.17, 15) is 4.79 Å². The number of anilines is 2. The number of hydrogen-bond donors (Lipinski definition) is 2. The SMILES string of the molecule is CCCn1ccnc1CNc1ccc(NC(C)=O)c(C)c1. The van der Waals surface area contributed by atoms with Gasteiger partial charge >= 0.3 is 0 Å². The first-order valence-electron chi connectivity index (χ1n) is 7.22. The number of benzene rings is 1. The van der Waals surface area contributed by atoms with E-state index in [4.69, 9.17) is 0 Å². The van der Waals surface area contributed by atoms with Crippen LogP contribution < -0.4 is 10.6 Å². The van der Waals surface area contributed by atoms with Crippen LogP contribution in [0.5, 0.6) is 0 Å². The van der Waals surface area contributed by atoms with Gasteiger partial charge < -0.3 is 15.2 Å². The van der Waals surface area contributed by atoms with Gasteiger partial charge in [-0.3, -0.25) is 4.79 Å². The summed E-state index contributed by atoms with van der Waals surface area (Å²) in [5, 5.41) is 6.18. The maximum Gasteiger partial charge on any atom is 0.221 e. The Labute approximate surface area is 125 Å². The summed E-state index contributed by atoms with van der Waals surface area (Å²) in [7, 11) is 0. The molecule has 0 fully saturated rings. The van der Waals surface area contributed by atoms with Crippen LogP contribution >= 0.6 is 0 Å². The number of hydrogen-bond acceptors (Lipinski definition) is 3. The highest BCUT2D eigenvalue weighted by Crippen LogP contribution is 2.20. The fourth-order valence-electron chi connectivity index (χ4n) is 2.24. The molecule has 5 heteroatoms. The lowest BCUT2D eigenvalue weighted by Gasteiger charge is -2.11. The number of aromatic nitrogens is 2. The molecule has 0 spiro atoms. The molecule has 5 nitrogen and oxygen atoms in total. The number of nitrogens with zero attached hydrogens (tertiary/aromatic N) is 2. The van der Waals surface area contributed by atoms with Crippen molar-refractivity contribution in [1.29, 1.82) is 0 Å². The molecule has 2 rings (SSSR count). The molecule has 2 N–H and O–H groups in total. The first kappa shape index (κ1) is 15.1. The minimum Gasteiger partial charge on any atom is -0.378 e. The van der Waals surface area contributed by atoms with Crippen molar-refractivity contribution in [2.24, 2.45) is 0 Å². The van der Waals surface area contributed by atoms with Gasteiger partial charge in [-0.15, -0.1) is 0 Å². The van der Waals surface area contributed by atoms with Gasteiger partial charge in [-0.1, -0.05) is 6.92 Å². The first-order chi connectivity index (χ1) is 10.1. The van der Waals surface area contributed by atoms with Crippen molar-refractivity contribution in [3.8, 4) is 0 Å². The molecule has 1 aromatic heterocycles. The molecule has 0 aliphatic carbocycles. The summed E-state index contributed by atoms with van der Waals surface area (Å²) in [5.74, 6) is 0.973. The van der Waals surface area contributed by atoms with Crippen LogP contribution in [-0.2, 0) is 17.9 Å². The number of nitrogens with one attached hydrogen (secondary N) is 2. The van der Waals surface area contributed by atoms with Gasteiger partial charge in [-0.2, -0.15) is 0 Å². The fourth-order valence-corrected chi connectivity index (χ4v) is 2.24. The smallest absolute Gasteiger partial charge is 0.221 e. The monoisotopic (exact) mass is 286 g/mol. The van der Waals surface area contributed by atoms with Gasteiger partial charge in [0.25, 0.3) is 0 Å². The quantitative estimate of drug-likeness (QED) is 0.857. The first-order valence-corrected chi connectivity index (χ1v) is 7.22. The van der Waals surface area contributed by atoms with E-state index in [0.29, 0.717) is 6.54 Å². The van der Waals surface area contributed by atoms with Gasteiger partial charge in [0.1, 0.15) is 5.82 Å². The molecule has 0 unspecified atom stereocenters. The Balaban J connectivity index is 2.01. The Morgan fingerprint density at radius 1 is 1.38 bits per heavy atom. The van der Waals surface area contributed by atoms with Gasteiger partial charge in [0, 0.05) is 37.2 Å². The van der Waals surface area contributed by atoms with Crippen LogP contribution in [0.1, 0.15) is 31.7 Å². The van der Waals surface area contributed by atoms with Crippen molar-refractivity contribution in [2.45, 2.75) is 40.3 Å². The molecule has 0 atom stereocenters. The van der Waals surface area contributed by atoms with Crippen molar-refractivity contribution >= 4 is 17.3 Å². The van der Waals surface area contributed by atoms with E-state index in [1.54, 1.807) is 0 Å². The maximum atomic E-state index is 11.1. The van der Waals surface area contributed by atoms with Crippen molar-refractivity contribution in [2.75, 3.05) is 10.6 Å². The summed E-state index contributed by atoms with van der Waals surface area (Å²) in [6.45, 7) is 7.32. The molecular weight excluding hydrogens is 264 g/mol. The molecule has 0 saturated heterocycles. The summed E-state index contributed by atoms with van der Waals surface area (Å²) in [6, 6.07) is 5.90. The fraction of sp³-hybridized carbons (Fsp3) is 0.375. The highest BCUT2D eigenvalue weighted by atomic mass is 16.1. The van der Waals surface area contributed by atoms with Gasteiger partial charge in [0.2, 0.25) is 5.91 Å². The van der Waals surface area contributed by atoms with E-state index >= 15 is 0 Å². The molecule has 1 heterocycles. The van der Waals surface area contributed by atoms with Crippen LogP contribution in [0.2, 0.25) is 0 Å². The van der Waals surface area contributed by atoms with E-state index in [1.165, 1.54) is 6.92 Å². The highest BCUT2D eigenvalue weighted by Gasteiger charge is 2.04. The minimum absolute atomic E-state index is 0.0552. The van der Waals surface area contributed by atoms with Crippen molar-refractivity contribution in [1.82, 2.24) is 9.55 Å². The number of imidazole rings is 1. The lowest BCUT2D eigenvalue weighted by Crippen LogP contribution is -2.09. The topological polar surface area (TPSA) is 59.0 Å². The van der Waals surface area contributed by atoms with E-state index in [0.717, 1.165) is 35.7 Å². The predicted octanol–water partition coefficient (Wildman–Crippen LogP) is 3.17. The second kappa shape index (κ2) is 6.92.